The first-order valence-corrected chi connectivity index (χ1v) is 5.47. The Labute approximate surface area is 97.8 Å². The lowest BCUT2D eigenvalue weighted by molar-refractivity contribution is 0.306. The lowest BCUT2D eigenvalue weighted by atomic mass is 10.1. The third kappa shape index (κ3) is 1.63. The monoisotopic (exact) mass is 233 g/mol. The number of benzene rings is 1. The van der Waals surface area contributed by atoms with Crippen LogP contribution in [-0.2, 0) is 0 Å². The fourth-order valence-electron chi connectivity index (χ4n) is 1.94. The highest BCUT2D eigenvalue weighted by molar-refractivity contribution is 5.70. The average molecular weight is 233 g/mol. The molecule has 1 aliphatic heterocycles. The number of aromatic nitrogens is 2. The fourth-order valence-corrected chi connectivity index (χ4v) is 1.94. The molecule has 0 fully saturated rings. The molecule has 88 valence electrons. The lowest BCUT2D eigenvalue weighted by Crippen LogP contribution is -2.19. The number of H-pyrrole nitrogens is 1. The van der Waals surface area contributed by atoms with Crippen LogP contribution in [0.1, 0.15) is 5.82 Å². The molecular weight excluding hydrogens is 221 g/mol. The van der Waals surface area contributed by atoms with E-state index in [0.717, 1.165) is 5.82 Å². The number of nitrogens with one attached hydrogen (secondary N) is 2. The highest BCUT2D eigenvalue weighted by Crippen LogP contribution is 2.36. The zero-order valence-electron chi connectivity index (χ0n) is 9.38. The van der Waals surface area contributed by atoms with Gasteiger partial charge in [-0.3, -0.25) is 0 Å². The molecule has 0 unspecified atom stereocenters. The molecule has 0 aliphatic carbocycles. The van der Waals surface area contributed by atoms with Crippen LogP contribution < -0.4 is 10.1 Å². The van der Waals surface area contributed by atoms with E-state index in [-0.39, 0.29) is 5.82 Å². The highest BCUT2D eigenvalue weighted by Gasteiger charge is 2.19. The second-order valence-corrected chi connectivity index (χ2v) is 3.96. The summed E-state index contributed by atoms with van der Waals surface area (Å²) in [4.78, 5) is 7.08. The van der Waals surface area contributed by atoms with Gasteiger partial charge < -0.3 is 15.0 Å². The largest absolute Gasteiger partial charge is 0.486 e. The van der Waals surface area contributed by atoms with Gasteiger partial charge in [0.2, 0.25) is 0 Å². The molecule has 1 aliphatic rings. The standard InChI is InChI=1S/C12H12FN3O/c1-7-15-6-10(16-7)8-2-3-9-12(11(8)13)17-5-4-14-9/h2-3,6,14H,4-5H2,1H3,(H,15,16). The first kappa shape index (κ1) is 10.1. The van der Waals surface area contributed by atoms with Gasteiger partial charge in [0.15, 0.2) is 11.6 Å². The van der Waals surface area contributed by atoms with E-state index in [0.29, 0.717) is 35.8 Å². The Balaban J connectivity index is 2.12. The number of aromatic amines is 1. The molecule has 1 aromatic carbocycles. The van der Waals surface area contributed by atoms with Crippen LogP contribution in [0.5, 0.6) is 5.75 Å². The van der Waals surface area contributed by atoms with Crippen LogP contribution >= 0.6 is 0 Å². The van der Waals surface area contributed by atoms with E-state index < -0.39 is 0 Å². The summed E-state index contributed by atoms with van der Waals surface area (Å²) in [6, 6.07) is 3.55. The van der Waals surface area contributed by atoms with Crippen molar-refractivity contribution in [2.24, 2.45) is 0 Å². The number of nitrogens with zero attached hydrogens (tertiary/aromatic N) is 1. The SMILES string of the molecule is Cc1ncc(-c2ccc3c(c2F)OCCN3)[nH]1. The predicted octanol–water partition coefficient (Wildman–Crippen LogP) is 2.33. The molecule has 0 saturated carbocycles. The quantitative estimate of drug-likeness (QED) is 0.794. The first-order chi connectivity index (χ1) is 8.25. The topological polar surface area (TPSA) is 49.9 Å². The number of hydrogen-bond donors (Lipinski definition) is 2. The van der Waals surface area contributed by atoms with Crippen molar-refractivity contribution in [3.05, 3.63) is 30.0 Å². The Bertz CT molecular complexity index is 565. The van der Waals surface area contributed by atoms with Gasteiger partial charge in [-0.2, -0.15) is 0 Å². The van der Waals surface area contributed by atoms with Crippen molar-refractivity contribution in [2.75, 3.05) is 18.5 Å². The molecule has 5 heteroatoms. The predicted molar refractivity (Wildman–Crippen MR) is 62.7 cm³/mol. The van der Waals surface area contributed by atoms with E-state index in [1.54, 1.807) is 12.3 Å². The first-order valence-electron chi connectivity index (χ1n) is 5.47. The molecule has 3 rings (SSSR count). The fraction of sp³-hybridized carbons (Fsp3) is 0.250. The van der Waals surface area contributed by atoms with Gasteiger partial charge in [-0.25, -0.2) is 9.37 Å². The van der Waals surface area contributed by atoms with Crippen molar-refractivity contribution in [3.8, 4) is 17.0 Å². The molecular formula is C12H12FN3O. The third-order valence-corrected chi connectivity index (χ3v) is 2.75. The summed E-state index contributed by atoms with van der Waals surface area (Å²) < 4.78 is 19.6. The lowest BCUT2D eigenvalue weighted by Gasteiger charge is -2.20. The Morgan fingerprint density at radius 2 is 2.29 bits per heavy atom. The summed E-state index contributed by atoms with van der Waals surface area (Å²) in [6.45, 7) is 3.02. The Kier molecular flexibility index (Phi) is 2.24. The molecule has 0 amide bonds. The molecule has 4 nitrogen and oxygen atoms in total. The van der Waals surface area contributed by atoms with Gasteiger partial charge in [0.1, 0.15) is 12.4 Å². The van der Waals surface area contributed by atoms with Crippen molar-refractivity contribution < 1.29 is 9.13 Å². The molecule has 0 saturated heterocycles. The molecule has 0 bridgehead atoms. The van der Waals surface area contributed by atoms with Gasteiger partial charge in [0.05, 0.1) is 17.6 Å². The summed E-state index contributed by atoms with van der Waals surface area (Å²) in [5, 5.41) is 3.10. The molecule has 2 heterocycles. The van der Waals surface area contributed by atoms with Gasteiger partial charge >= 0.3 is 0 Å². The van der Waals surface area contributed by atoms with E-state index in [4.69, 9.17) is 4.74 Å². The number of halogens is 1. The van der Waals surface area contributed by atoms with Gasteiger partial charge in [-0.15, -0.1) is 0 Å². The maximum absolute atomic E-state index is 14.2. The van der Waals surface area contributed by atoms with Crippen LogP contribution in [0.2, 0.25) is 0 Å². The third-order valence-electron chi connectivity index (χ3n) is 2.75. The molecule has 0 radical (unpaired) electrons. The van der Waals surface area contributed by atoms with E-state index in [2.05, 4.69) is 15.3 Å². The van der Waals surface area contributed by atoms with Crippen molar-refractivity contribution in [3.63, 3.8) is 0 Å². The average Bonchev–Trinajstić information content (AvgIpc) is 2.77. The zero-order chi connectivity index (χ0) is 11.8. The van der Waals surface area contributed by atoms with E-state index in [1.165, 1.54) is 0 Å². The Morgan fingerprint density at radius 3 is 3.06 bits per heavy atom. The molecule has 1 aromatic heterocycles. The number of rotatable bonds is 1. The van der Waals surface area contributed by atoms with Crippen molar-refractivity contribution >= 4 is 5.69 Å². The summed E-state index contributed by atoms with van der Waals surface area (Å²) in [5.74, 6) is 0.704. The number of aryl methyl sites for hydroxylation is 1. The van der Waals surface area contributed by atoms with Gasteiger partial charge in [0.25, 0.3) is 0 Å². The van der Waals surface area contributed by atoms with Crippen molar-refractivity contribution in [1.82, 2.24) is 9.97 Å². The Hall–Kier alpha value is -2.04. The number of fused-ring (bicyclic) bond motifs is 1. The van der Waals surface area contributed by atoms with Gasteiger partial charge in [-0.05, 0) is 19.1 Å². The maximum Gasteiger partial charge on any atom is 0.178 e. The number of hydrogen-bond acceptors (Lipinski definition) is 3. The second-order valence-electron chi connectivity index (χ2n) is 3.96. The maximum atomic E-state index is 14.2. The summed E-state index contributed by atoms with van der Waals surface area (Å²) in [7, 11) is 0. The summed E-state index contributed by atoms with van der Waals surface area (Å²) in [5.41, 5.74) is 1.85. The number of ether oxygens (including phenoxy) is 1. The van der Waals surface area contributed by atoms with E-state index in [1.807, 2.05) is 13.0 Å². The molecule has 2 aromatic rings. The smallest absolute Gasteiger partial charge is 0.178 e. The van der Waals surface area contributed by atoms with Gasteiger partial charge in [0, 0.05) is 12.1 Å². The highest BCUT2D eigenvalue weighted by atomic mass is 19.1. The van der Waals surface area contributed by atoms with E-state index in [9.17, 15) is 4.39 Å². The van der Waals surface area contributed by atoms with Crippen LogP contribution in [0.25, 0.3) is 11.3 Å². The number of anilines is 1. The minimum absolute atomic E-state index is 0.293. The number of imidazole rings is 1. The molecule has 0 spiro atoms. The van der Waals surface area contributed by atoms with E-state index >= 15 is 0 Å². The minimum atomic E-state index is -0.349. The van der Waals surface area contributed by atoms with Crippen molar-refractivity contribution in [2.45, 2.75) is 6.92 Å². The minimum Gasteiger partial charge on any atom is -0.486 e. The molecule has 17 heavy (non-hydrogen) atoms. The summed E-state index contributed by atoms with van der Waals surface area (Å²) in [6.07, 6.45) is 1.62. The van der Waals surface area contributed by atoms with Crippen LogP contribution in [0.3, 0.4) is 0 Å². The second kappa shape index (κ2) is 3.76. The normalized spacial score (nSPS) is 13.8. The van der Waals surface area contributed by atoms with Crippen LogP contribution in [0, 0.1) is 12.7 Å². The summed E-state index contributed by atoms with van der Waals surface area (Å²) >= 11 is 0. The van der Waals surface area contributed by atoms with Crippen LogP contribution in [-0.4, -0.2) is 23.1 Å². The van der Waals surface area contributed by atoms with Crippen molar-refractivity contribution in [1.29, 1.82) is 0 Å². The van der Waals surface area contributed by atoms with Crippen LogP contribution in [0.4, 0.5) is 10.1 Å². The van der Waals surface area contributed by atoms with Gasteiger partial charge in [-0.1, -0.05) is 0 Å². The molecule has 2 N–H and O–H groups in total. The Morgan fingerprint density at radius 1 is 1.41 bits per heavy atom. The molecule has 0 atom stereocenters. The zero-order valence-corrected chi connectivity index (χ0v) is 9.38. The van der Waals surface area contributed by atoms with Crippen LogP contribution in [0.15, 0.2) is 18.3 Å².